The minimum Gasteiger partial charge on any atom is -0.309 e. The maximum atomic E-state index is 2.38. The van der Waals surface area contributed by atoms with Gasteiger partial charge in [-0.15, -0.1) is 0 Å². The van der Waals surface area contributed by atoms with Gasteiger partial charge in [-0.2, -0.15) is 0 Å². The normalized spacial score (nSPS) is 11.8. The number of aryl methyl sites for hydroxylation is 1. The van der Waals surface area contributed by atoms with E-state index in [1.54, 1.807) is 0 Å². The highest BCUT2D eigenvalue weighted by molar-refractivity contribution is 6.25. The molecule has 0 aliphatic rings. The topological polar surface area (TPSA) is 4.93 Å². The van der Waals surface area contributed by atoms with E-state index < -0.39 is 0 Å². The number of rotatable bonds is 3. The molecule has 1 nitrogen and oxygen atoms in total. The lowest BCUT2D eigenvalue weighted by atomic mass is 9.91. The summed E-state index contributed by atoms with van der Waals surface area (Å²) in [6.45, 7) is 2.16. The number of para-hydroxylation sites is 1. The fourth-order valence-electron chi connectivity index (χ4n) is 7.13. The number of benzene rings is 8. The maximum absolute atomic E-state index is 2.38. The van der Waals surface area contributed by atoms with Crippen LogP contribution in [0.1, 0.15) is 5.56 Å². The summed E-state index contributed by atoms with van der Waals surface area (Å²) in [5, 5.41) is 10.4. The fraction of sp³-hybridized carbons (Fsp3) is 0.0233. The molecular weight excluding hydrogens is 530 g/mol. The van der Waals surface area contributed by atoms with Crippen molar-refractivity contribution < 1.29 is 0 Å². The summed E-state index contributed by atoms with van der Waals surface area (Å²) in [5.41, 5.74) is 9.82. The quantitative estimate of drug-likeness (QED) is 0.190. The van der Waals surface area contributed by atoms with Crippen LogP contribution in [0.15, 0.2) is 158 Å². The molecule has 0 spiro atoms. The van der Waals surface area contributed by atoms with Crippen molar-refractivity contribution in [3.63, 3.8) is 0 Å². The Hall–Kier alpha value is -5.66. The zero-order valence-corrected chi connectivity index (χ0v) is 24.5. The molecule has 1 heteroatoms. The lowest BCUT2D eigenvalue weighted by molar-refractivity contribution is 1.18. The minimum absolute atomic E-state index is 1.17. The van der Waals surface area contributed by atoms with E-state index in [9.17, 15) is 0 Å². The van der Waals surface area contributed by atoms with E-state index in [-0.39, 0.29) is 0 Å². The molecule has 0 saturated carbocycles. The average Bonchev–Trinajstić information content (AvgIpc) is 3.42. The van der Waals surface area contributed by atoms with Gasteiger partial charge in [-0.3, -0.25) is 0 Å². The van der Waals surface area contributed by atoms with E-state index in [2.05, 4.69) is 169 Å². The predicted octanol–water partition coefficient (Wildman–Crippen LogP) is 11.9. The first-order chi connectivity index (χ1) is 21.7. The highest BCUT2D eigenvalue weighted by Gasteiger charge is 2.13. The van der Waals surface area contributed by atoms with Gasteiger partial charge in [-0.05, 0) is 104 Å². The SMILES string of the molecule is Cc1ccc2c(c1)c1ccccc1n2-c1ccc(-c2cccc(-c3ccc4c5ccccc5c5ccccc5c4c3)c2)cc1. The Morgan fingerprint density at radius 2 is 0.841 bits per heavy atom. The zero-order chi connectivity index (χ0) is 29.2. The van der Waals surface area contributed by atoms with Gasteiger partial charge >= 0.3 is 0 Å². The molecule has 0 N–H and O–H groups in total. The lowest BCUT2D eigenvalue weighted by Crippen LogP contribution is -1.93. The number of hydrogen-bond donors (Lipinski definition) is 0. The average molecular weight is 560 g/mol. The van der Waals surface area contributed by atoms with Crippen LogP contribution in [-0.2, 0) is 0 Å². The van der Waals surface area contributed by atoms with Crippen LogP contribution in [0, 0.1) is 6.92 Å². The summed E-state index contributed by atoms with van der Waals surface area (Å²) < 4.78 is 2.38. The maximum Gasteiger partial charge on any atom is 0.0541 e. The highest BCUT2D eigenvalue weighted by Crippen LogP contribution is 2.38. The fourth-order valence-corrected chi connectivity index (χ4v) is 7.13. The first-order valence-corrected chi connectivity index (χ1v) is 15.3. The van der Waals surface area contributed by atoms with Crippen molar-refractivity contribution in [2.24, 2.45) is 0 Å². The molecular formula is C43H29N. The van der Waals surface area contributed by atoms with Gasteiger partial charge in [0, 0.05) is 16.5 Å². The molecule has 1 aromatic heterocycles. The van der Waals surface area contributed by atoms with E-state index in [1.165, 1.54) is 87.6 Å². The molecule has 0 amide bonds. The molecule has 0 atom stereocenters. The standard InChI is InChI=1S/C43H29N/c1-28-17-24-43-41(25-28)39-15-6-7-16-42(39)44(43)33-21-18-29(19-22-33)30-9-8-10-31(26-30)32-20-23-38-36-13-3-2-11-34(36)35-12-4-5-14-37(35)40(38)27-32/h2-27H,1H3. The first-order valence-electron chi connectivity index (χ1n) is 15.3. The van der Waals surface area contributed by atoms with Gasteiger partial charge in [-0.25, -0.2) is 0 Å². The van der Waals surface area contributed by atoms with Crippen molar-refractivity contribution in [1.29, 1.82) is 0 Å². The molecule has 0 bridgehead atoms. The first kappa shape index (κ1) is 24.9. The minimum atomic E-state index is 1.17. The molecule has 1 heterocycles. The van der Waals surface area contributed by atoms with Gasteiger partial charge < -0.3 is 4.57 Å². The monoisotopic (exact) mass is 559 g/mol. The molecule has 0 aliphatic carbocycles. The highest BCUT2D eigenvalue weighted by atomic mass is 15.0. The van der Waals surface area contributed by atoms with E-state index in [1.807, 2.05) is 0 Å². The summed E-state index contributed by atoms with van der Waals surface area (Å²) in [6.07, 6.45) is 0. The number of fused-ring (bicyclic) bond motifs is 9. The second-order valence-electron chi connectivity index (χ2n) is 11.9. The van der Waals surface area contributed by atoms with Crippen LogP contribution in [0.3, 0.4) is 0 Å². The van der Waals surface area contributed by atoms with Gasteiger partial charge in [0.05, 0.1) is 11.0 Å². The van der Waals surface area contributed by atoms with Crippen molar-refractivity contribution >= 4 is 54.1 Å². The van der Waals surface area contributed by atoms with Crippen molar-refractivity contribution in [3.05, 3.63) is 163 Å². The van der Waals surface area contributed by atoms with Gasteiger partial charge in [-0.1, -0.05) is 121 Å². The Balaban J connectivity index is 1.14. The molecule has 9 aromatic rings. The van der Waals surface area contributed by atoms with E-state index in [0.717, 1.165) is 0 Å². The van der Waals surface area contributed by atoms with E-state index in [4.69, 9.17) is 0 Å². The molecule has 8 aromatic carbocycles. The third-order valence-corrected chi connectivity index (χ3v) is 9.23. The molecule has 9 rings (SSSR count). The Kier molecular flexibility index (Phi) is 5.48. The van der Waals surface area contributed by atoms with Crippen LogP contribution in [-0.4, -0.2) is 4.57 Å². The molecule has 44 heavy (non-hydrogen) atoms. The summed E-state index contributed by atoms with van der Waals surface area (Å²) in [7, 11) is 0. The third-order valence-electron chi connectivity index (χ3n) is 9.23. The molecule has 0 saturated heterocycles. The van der Waals surface area contributed by atoms with Gasteiger partial charge in [0.15, 0.2) is 0 Å². The lowest BCUT2D eigenvalue weighted by Gasteiger charge is -2.13. The summed E-state index contributed by atoms with van der Waals surface area (Å²) in [6, 6.07) is 57.9. The zero-order valence-electron chi connectivity index (χ0n) is 24.5. The second-order valence-corrected chi connectivity index (χ2v) is 11.9. The number of nitrogens with zero attached hydrogens (tertiary/aromatic N) is 1. The molecule has 0 aliphatic heterocycles. The van der Waals surface area contributed by atoms with Gasteiger partial charge in [0.25, 0.3) is 0 Å². The van der Waals surface area contributed by atoms with Crippen LogP contribution >= 0.6 is 0 Å². The molecule has 0 unspecified atom stereocenters. The number of aromatic nitrogens is 1. The van der Waals surface area contributed by atoms with E-state index >= 15 is 0 Å². The molecule has 206 valence electrons. The van der Waals surface area contributed by atoms with Crippen molar-refractivity contribution in [3.8, 4) is 27.9 Å². The van der Waals surface area contributed by atoms with Crippen molar-refractivity contribution in [2.45, 2.75) is 6.92 Å². The van der Waals surface area contributed by atoms with Crippen LogP contribution in [0.2, 0.25) is 0 Å². The van der Waals surface area contributed by atoms with E-state index in [0.29, 0.717) is 0 Å². The Labute approximate surface area is 256 Å². The van der Waals surface area contributed by atoms with Crippen LogP contribution in [0.4, 0.5) is 0 Å². The van der Waals surface area contributed by atoms with Crippen LogP contribution in [0.5, 0.6) is 0 Å². The molecule has 0 radical (unpaired) electrons. The third kappa shape index (κ3) is 3.80. The number of hydrogen-bond acceptors (Lipinski definition) is 0. The van der Waals surface area contributed by atoms with Crippen LogP contribution < -0.4 is 0 Å². The predicted molar refractivity (Wildman–Crippen MR) is 189 cm³/mol. The summed E-state index contributed by atoms with van der Waals surface area (Å²) in [4.78, 5) is 0. The molecule has 0 fully saturated rings. The second kappa shape index (κ2) is 9.69. The van der Waals surface area contributed by atoms with Gasteiger partial charge in [0.1, 0.15) is 0 Å². The Bertz CT molecular complexity index is 2510. The largest absolute Gasteiger partial charge is 0.309 e. The smallest absolute Gasteiger partial charge is 0.0541 e. The van der Waals surface area contributed by atoms with Crippen molar-refractivity contribution in [1.82, 2.24) is 4.57 Å². The van der Waals surface area contributed by atoms with Crippen molar-refractivity contribution in [2.75, 3.05) is 0 Å². The Morgan fingerprint density at radius 3 is 1.55 bits per heavy atom. The Morgan fingerprint density at radius 1 is 0.318 bits per heavy atom. The van der Waals surface area contributed by atoms with Crippen LogP contribution in [0.25, 0.3) is 82.1 Å². The summed E-state index contributed by atoms with van der Waals surface area (Å²) in [5.74, 6) is 0. The summed E-state index contributed by atoms with van der Waals surface area (Å²) >= 11 is 0. The van der Waals surface area contributed by atoms with Gasteiger partial charge in [0.2, 0.25) is 0 Å².